The number of benzene rings is 1. The van der Waals surface area contributed by atoms with E-state index < -0.39 is 0 Å². The lowest BCUT2D eigenvalue weighted by Crippen LogP contribution is -2.17. The highest BCUT2D eigenvalue weighted by atomic mass is 32.1. The number of nitrogen functional groups attached to an aromatic ring is 1. The molecule has 0 saturated heterocycles. The van der Waals surface area contributed by atoms with Gasteiger partial charge in [-0.3, -0.25) is 0 Å². The van der Waals surface area contributed by atoms with Crippen LogP contribution in [0.4, 0.5) is 5.69 Å². The van der Waals surface area contributed by atoms with Crippen molar-refractivity contribution in [1.82, 2.24) is 0 Å². The molecule has 0 amide bonds. The van der Waals surface area contributed by atoms with Gasteiger partial charge >= 0.3 is 0 Å². The van der Waals surface area contributed by atoms with Gasteiger partial charge in [-0.2, -0.15) is 0 Å². The maximum atomic E-state index is 5.72. The molecule has 1 aromatic carbocycles. The molecule has 1 rings (SSSR count). The molecule has 0 bridgehead atoms. The first-order valence-electron chi connectivity index (χ1n) is 5.92. The van der Waals surface area contributed by atoms with Crippen LogP contribution in [-0.4, -0.2) is 12.0 Å². The molecule has 0 heterocycles. The summed E-state index contributed by atoms with van der Waals surface area (Å²) in [6.07, 6.45) is 2.07. The fourth-order valence-corrected chi connectivity index (χ4v) is 1.41. The van der Waals surface area contributed by atoms with Crippen molar-refractivity contribution in [2.45, 2.75) is 39.7 Å². The van der Waals surface area contributed by atoms with E-state index in [0.717, 1.165) is 12.0 Å². The SMILES string of the molecule is CCC.C[C@@H](N)Cc1ccc(N)c(OCS)c1. The van der Waals surface area contributed by atoms with Crippen molar-refractivity contribution in [3.05, 3.63) is 23.8 Å². The maximum Gasteiger partial charge on any atom is 0.143 e. The highest BCUT2D eigenvalue weighted by Crippen LogP contribution is 2.23. The number of rotatable bonds is 4. The zero-order chi connectivity index (χ0) is 13.3. The van der Waals surface area contributed by atoms with E-state index in [1.165, 1.54) is 6.42 Å². The lowest BCUT2D eigenvalue weighted by atomic mass is 10.1. The zero-order valence-corrected chi connectivity index (χ0v) is 11.8. The van der Waals surface area contributed by atoms with Crippen LogP contribution in [-0.2, 0) is 6.42 Å². The van der Waals surface area contributed by atoms with Gasteiger partial charge in [-0.05, 0) is 31.0 Å². The van der Waals surface area contributed by atoms with E-state index in [1.54, 1.807) is 0 Å². The van der Waals surface area contributed by atoms with Crippen LogP contribution in [0.2, 0.25) is 0 Å². The Kier molecular flexibility index (Phi) is 8.72. The summed E-state index contributed by atoms with van der Waals surface area (Å²) in [5, 5.41) is 0. The van der Waals surface area contributed by atoms with Gasteiger partial charge in [0.1, 0.15) is 11.7 Å². The predicted octanol–water partition coefficient (Wildman–Crippen LogP) is 2.84. The van der Waals surface area contributed by atoms with Crippen molar-refractivity contribution in [1.29, 1.82) is 0 Å². The van der Waals surface area contributed by atoms with Crippen molar-refractivity contribution in [2.75, 3.05) is 11.7 Å². The van der Waals surface area contributed by atoms with Crippen LogP contribution in [0.3, 0.4) is 0 Å². The lowest BCUT2D eigenvalue weighted by Gasteiger charge is -2.10. The van der Waals surface area contributed by atoms with E-state index in [-0.39, 0.29) is 6.04 Å². The van der Waals surface area contributed by atoms with Crippen molar-refractivity contribution in [2.24, 2.45) is 5.73 Å². The molecule has 0 saturated carbocycles. The first-order chi connectivity index (χ1) is 8.04. The summed E-state index contributed by atoms with van der Waals surface area (Å²) in [6.45, 7) is 6.22. The highest BCUT2D eigenvalue weighted by Gasteiger charge is 2.03. The molecule has 4 N–H and O–H groups in total. The molecule has 0 aliphatic heterocycles. The Morgan fingerprint density at radius 2 is 1.94 bits per heavy atom. The van der Waals surface area contributed by atoms with Crippen molar-refractivity contribution >= 4 is 18.3 Å². The van der Waals surface area contributed by atoms with Crippen LogP contribution in [0, 0.1) is 0 Å². The van der Waals surface area contributed by atoms with Gasteiger partial charge in [0.15, 0.2) is 0 Å². The van der Waals surface area contributed by atoms with Crippen LogP contribution < -0.4 is 16.2 Å². The molecule has 3 nitrogen and oxygen atoms in total. The van der Waals surface area contributed by atoms with Crippen LogP contribution in [0.15, 0.2) is 18.2 Å². The molecule has 0 spiro atoms. The molecule has 1 atom stereocenters. The molecule has 0 aliphatic carbocycles. The first kappa shape index (κ1) is 16.1. The molecule has 0 aromatic heterocycles. The summed E-state index contributed by atoms with van der Waals surface area (Å²) in [4.78, 5) is 0. The minimum atomic E-state index is 0.141. The maximum absolute atomic E-state index is 5.72. The van der Waals surface area contributed by atoms with Crippen LogP contribution in [0.1, 0.15) is 32.8 Å². The molecule has 17 heavy (non-hydrogen) atoms. The van der Waals surface area contributed by atoms with Gasteiger partial charge in [0.05, 0.1) is 5.69 Å². The molecular formula is C13H24N2OS. The van der Waals surface area contributed by atoms with E-state index >= 15 is 0 Å². The summed E-state index contributed by atoms with van der Waals surface area (Å²) >= 11 is 3.98. The Hall–Kier alpha value is -0.870. The monoisotopic (exact) mass is 256 g/mol. The number of hydrogen-bond donors (Lipinski definition) is 3. The van der Waals surface area contributed by atoms with Crippen molar-refractivity contribution in [3.8, 4) is 5.75 Å². The Balaban J connectivity index is 0.000000770. The molecule has 0 unspecified atom stereocenters. The van der Waals surface area contributed by atoms with Crippen LogP contribution >= 0.6 is 12.6 Å². The van der Waals surface area contributed by atoms with Crippen molar-refractivity contribution < 1.29 is 4.74 Å². The molecule has 98 valence electrons. The zero-order valence-electron chi connectivity index (χ0n) is 10.9. The second-order valence-corrected chi connectivity index (χ2v) is 4.29. The number of hydrogen-bond acceptors (Lipinski definition) is 4. The van der Waals surface area contributed by atoms with Gasteiger partial charge in [0, 0.05) is 6.04 Å². The average Bonchev–Trinajstić information content (AvgIpc) is 2.24. The smallest absolute Gasteiger partial charge is 0.143 e. The molecule has 1 aromatic rings. The lowest BCUT2D eigenvalue weighted by molar-refractivity contribution is 0.396. The van der Waals surface area contributed by atoms with Gasteiger partial charge in [0.2, 0.25) is 0 Å². The number of nitrogens with two attached hydrogens (primary N) is 2. The Labute approximate surface area is 110 Å². The van der Waals surface area contributed by atoms with Gasteiger partial charge in [-0.15, -0.1) is 12.6 Å². The summed E-state index contributed by atoms with van der Waals surface area (Å²) in [6, 6.07) is 5.85. The first-order valence-corrected chi connectivity index (χ1v) is 6.55. The summed E-state index contributed by atoms with van der Waals surface area (Å²) in [5.74, 6) is 1.00. The Morgan fingerprint density at radius 1 is 1.35 bits per heavy atom. The average molecular weight is 256 g/mol. The second kappa shape index (κ2) is 9.19. The fourth-order valence-electron chi connectivity index (χ4n) is 1.27. The second-order valence-electron chi connectivity index (χ2n) is 4.03. The third kappa shape index (κ3) is 7.13. The molecule has 0 fully saturated rings. The van der Waals surface area contributed by atoms with Gasteiger partial charge in [-0.25, -0.2) is 0 Å². The van der Waals surface area contributed by atoms with E-state index in [1.807, 2.05) is 25.1 Å². The van der Waals surface area contributed by atoms with Crippen LogP contribution in [0.25, 0.3) is 0 Å². The van der Waals surface area contributed by atoms with E-state index in [2.05, 4.69) is 26.5 Å². The van der Waals surface area contributed by atoms with Crippen molar-refractivity contribution in [3.63, 3.8) is 0 Å². The summed E-state index contributed by atoms with van der Waals surface area (Å²) < 4.78 is 5.26. The molecule has 4 heteroatoms. The number of thiol groups is 1. The Bertz CT molecular complexity index is 316. The van der Waals surface area contributed by atoms with Gasteiger partial charge < -0.3 is 16.2 Å². The minimum Gasteiger partial charge on any atom is -0.481 e. The summed E-state index contributed by atoms with van der Waals surface area (Å²) in [7, 11) is 0. The van der Waals surface area contributed by atoms with E-state index in [9.17, 15) is 0 Å². The Morgan fingerprint density at radius 3 is 2.41 bits per heavy atom. The third-order valence-electron chi connectivity index (χ3n) is 1.86. The largest absolute Gasteiger partial charge is 0.481 e. The summed E-state index contributed by atoms with van der Waals surface area (Å²) in [5.41, 5.74) is 13.2. The topological polar surface area (TPSA) is 61.3 Å². The molecule has 0 aliphatic rings. The van der Waals surface area contributed by atoms with E-state index in [4.69, 9.17) is 16.2 Å². The van der Waals surface area contributed by atoms with Gasteiger partial charge in [-0.1, -0.05) is 26.3 Å². The quantitative estimate of drug-likeness (QED) is 0.441. The van der Waals surface area contributed by atoms with Crippen LogP contribution in [0.5, 0.6) is 5.75 Å². The fraction of sp³-hybridized carbons (Fsp3) is 0.538. The van der Waals surface area contributed by atoms with E-state index in [0.29, 0.717) is 17.4 Å². The van der Waals surface area contributed by atoms with Gasteiger partial charge in [0.25, 0.3) is 0 Å². The minimum absolute atomic E-state index is 0.141. The molecule has 0 radical (unpaired) electrons. The number of anilines is 1. The number of ether oxygens (including phenoxy) is 1. The normalized spacial score (nSPS) is 11.4. The third-order valence-corrected chi connectivity index (χ3v) is 1.98. The predicted molar refractivity (Wildman–Crippen MR) is 78.7 cm³/mol. The highest BCUT2D eigenvalue weighted by molar-refractivity contribution is 7.80. The molecular weight excluding hydrogens is 232 g/mol. The standard InChI is InChI=1S/C10H16N2OS.C3H8/c1-7(11)4-8-2-3-9(12)10(5-8)13-6-14;1-3-2/h2-3,5,7,14H,4,6,11-12H2,1H3;3H2,1-2H3/t7-;/m1./s1.